The number of aliphatic hydroxyl groups is 1. The number of amides is 1. The topological polar surface area (TPSA) is 107 Å². The molecule has 3 heterocycles. The van der Waals surface area contributed by atoms with Crippen molar-refractivity contribution in [1.82, 2.24) is 9.80 Å². The number of morpholine rings is 1. The van der Waals surface area contributed by atoms with Crippen LogP contribution in [0.5, 0.6) is 23.0 Å². The number of ketones is 1. The van der Waals surface area contributed by atoms with E-state index in [4.69, 9.17) is 23.7 Å². The Morgan fingerprint density at radius 3 is 2.45 bits per heavy atom. The summed E-state index contributed by atoms with van der Waals surface area (Å²) in [5.41, 5.74) is 1.07. The van der Waals surface area contributed by atoms with Gasteiger partial charge in [-0.3, -0.25) is 14.5 Å². The second-order valence-corrected chi connectivity index (χ2v) is 10.5. The molecular weight excluding hydrogens is 540 g/mol. The molecule has 0 aliphatic carbocycles. The number of unbranched alkanes of at least 4 members (excludes halogenated alkanes) is 1. The summed E-state index contributed by atoms with van der Waals surface area (Å²) >= 11 is 0. The number of nitrogens with zero attached hydrogens (tertiary/aromatic N) is 2. The van der Waals surface area contributed by atoms with Crippen molar-refractivity contribution in [2.24, 2.45) is 0 Å². The average molecular weight is 581 g/mol. The summed E-state index contributed by atoms with van der Waals surface area (Å²) in [6, 6.07) is 9.68. The number of rotatable bonds is 12. The zero-order chi connectivity index (χ0) is 29.5. The summed E-state index contributed by atoms with van der Waals surface area (Å²) in [5.74, 6) is 0.566. The predicted molar refractivity (Wildman–Crippen MR) is 156 cm³/mol. The SMILES string of the molecule is CCCCOc1ccc([C@@H]2/C(=C(\O)c3ccc4c(c3)OCCO4)C(=O)C(=O)N2CCCN2CCOCC2)cc1OCC. The highest BCUT2D eigenvalue weighted by Gasteiger charge is 2.46. The Balaban J connectivity index is 1.51. The van der Waals surface area contributed by atoms with Crippen LogP contribution in [0.4, 0.5) is 0 Å². The molecule has 0 saturated carbocycles. The molecule has 0 bridgehead atoms. The maximum Gasteiger partial charge on any atom is 0.295 e. The first-order chi connectivity index (χ1) is 20.5. The molecule has 0 spiro atoms. The maximum atomic E-state index is 13.6. The third kappa shape index (κ3) is 6.50. The van der Waals surface area contributed by atoms with Crippen LogP contribution < -0.4 is 18.9 Å². The van der Waals surface area contributed by atoms with E-state index in [1.54, 1.807) is 23.1 Å². The lowest BCUT2D eigenvalue weighted by molar-refractivity contribution is -0.140. The van der Waals surface area contributed by atoms with Gasteiger partial charge in [-0.1, -0.05) is 19.4 Å². The lowest BCUT2D eigenvalue weighted by atomic mass is 9.94. The van der Waals surface area contributed by atoms with E-state index in [1.807, 2.05) is 25.1 Å². The Bertz CT molecular complexity index is 1300. The number of benzene rings is 2. The van der Waals surface area contributed by atoms with Crippen LogP contribution in [0.1, 0.15) is 50.3 Å². The van der Waals surface area contributed by atoms with Crippen molar-refractivity contribution >= 4 is 17.4 Å². The monoisotopic (exact) mass is 580 g/mol. The van der Waals surface area contributed by atoms with Gasteiger partial charge >= 0.3 is 0 Å². The molecule has 3 aliphatic heterocycles. The predicted octanol–water partition coefficient (Wildman–Crippen LogP) is 4.18. The number of hydrogen-bond donors (Lipinski definition) is 1. The van der Waals surface area contributed by atoms with E-state index >= 15 is 0 Å². The highest BCUT2D eigenvalue weighted by atomic mass is 16.6. The first-order valence-corrected chi connectivity index (χ1v) is 14.9. The molecule has 10 heteroatoms. The van der Waals surface area contributed by atoms with E-state index in [0.29, 0.717) is 86.7 Å². The lowest BCUT2D eigenvalue weighted by Crippen LogP contribution is -2.39. The van der Waals surface area contributed by atoms with E-state index < -0.39 is 17.7 Å². The smallest absolute Gasteiger partial charge is 0.295 e. The minimum Gasteiger partial charge on any atom is -0.507 e. The van der Waals surface area contributed by atoms with Crippen molar-refractivity contribution in [3.63, 3.8) is 0 Å². The number of hydrogen-bond acceptors (Lipinski definition) is 9. The molecule has 0 aromatic heterocycles. The minimum absolute atomic E-state index is 0.0325. The normalized spacial score (nSPS) is 20.1. The molecular formula is C32H40N2O8. The number of likely N-dealkylation sites (tertiary alicyclic amines) is 1. The fourth-order valence-corrected chi connectivity index (χ4v) is 5.50. The van der Waals surface area contributed by atoms with E-state index in [0.717, 1.165) is 32.5 Å². The fraction of sp³-hybridized carbons (Fsp3) is 0.500. The largest absolute Gasteiger partial charge is 0.507 e. The maximum absolute atomic E-state index is 13.6. The molecule has 2 fully saturated rings. The molecule has 10 nitrogen and oxygen atoms in total. The van der Waals surface area contributed by atoms with Crippen molar-refractivity contribution in [2.45, 2.75) is 39.2 Å². The number of Topliss-reactive ketones (excluding diaryl/α,β-unsaturated/α-hetero) is 1. The minimum atomic E-state index is -0.799. The van der Waals surface area contributed by atoms with Crippen LogP contribution >= 0.6 is 0 Å². The van der Waals surface area contributed by atoms with Crippen molar-refractivity contribution in [3.8, 4) is 23.0 Å². The summed E-state index contributed by atoms with van der Waals surface area (Å²) in [5, 5.41) is 11.6. The van der Waals surface area contributed by atoms with E-state index in [2.05, 4.69) is 11.8 Å². The van der Waals surface area contributed by atoms with Gasteiger partial charge in [0.25, 0.3) is 11.7 Å². The van der Waals surface area contributed by atoms with Gasteiger partial charge in [0.1, 0.15) is 19.0 Å². The van der Waals surface area contributed by atoms with Crippen LogP contribution in [0.25, 0.3) is 5.76 Å². The number of fused-ring (bicyclic) bond motifs is 1. The van der Waals surface area contributed by atoms with Gasteiger partial charge in [-0.15, -0.1) is 0 Å². The Kier molecular flexibility index (Phi) is 9.86. The zero-order valence-electron chi connectivity index (χ0n) is 24.4. The molecule has 2 aromatic rings. The molecule has 2 aromatic carbocycles. The first-order valence-electron chi connectivity index (χ1n) is 14.9. The molecule has 226 valence electrons. The van der Waals surface area contributed by atoms with Crippen molar-refractivity contribution in [3.05, 3.63) is 53.1 Å². The van der Waals surface area contributed by atoms with Gasteiger partial charge in [-0.25, -0.2) is 0 Å². The van der Waals surface area contributed by atoms with Gasteiger partial charge in [0.2, 0.25) is 0 Å². The molecule has 42 heavy (non-hydrogen) atoms. The molecule has 2 saturated heterocycles. The van der Waals surface area contributed by atoms with Gasteiger partial charge in [-0.2, -0.15) is 0 Å². The van der Waals surface area contributed by atoms with Gasteiger partial charge in [0.15, 0.2) is 23.0 Å². The third-order valence-corrected chi connectivity index (χ3v) is 7.67. The van der Waals surface area contributed by atoms with Gasteiger partial charge < -0.3 is 33.7 Å². The fourth-order valence-electron chi connectivity index (χ4n) is 5.50. The summed E-state index contributed by atoms with van der Waals surface area (Å²) in [7, 11) is 0. The van der Waals surface area contributed by atoms with Crippen molar-refractivity contribution in [2.75, 3.05) is 65.8 Å². The standard InChI is InChI=1S/C32H40N2O8/c1-3-5-15-40-24-9-7-22(20-26(24)39-4-2)29-28(30(35)23-8-10-25-27(21-23)42-19-18-41-25)31(36)32(37)34(29)12-6-11-33-13-16-38-17-14-33/h7-10,20-21,29,35H,3-6,11-19H2,1-2H3/b30-28+/t29-/m1/s1. The van der Waals surface area contributed by atoms with E-state index in [9.17, 15) is 14.7 Å². The molecule has 1 N–H and O–H groups in total. The van der Waals surface area contributed by atoms with Crippen LogP contribution in [0.2, 0.25) is 0 Å². The number of aliphatic hydroxyl groups excluding tert-OH is 1. The second kappa shape index (κ2) is 13.9. The van der Waals surface area contributed by atoms with Gasteiger partial charge in [0.05, 0.1) is 38.0 Å². The van der Waals surface area contributed by atoms with Crippen molar-refractivity contribution in [1.29, 1.82) is 0 Å². The highest BCUT2D eigenvalue weighted by molar-refractivity contribution is 6.46. The molecule has 0 radical (unpaired) electrons. The van der Waals surface area contributed by atoms with Crippen LogP contribution in [0.3, 0.4) is 0 Å². The summed E-state index contributed by atoms with van der Waals surface area (Å²) in [6.07, 6.45) is 2.58. The highest BCUT2D eigenvalue weighted by Crippen LogP contribution is 2.43. The number of carbonyl (C=O) groups excluding carboxylic acids is 2. The van der Waals surface area contributed by atoms with Gasteiger partial charge in [-0.05, 0) is 55.7 Å². The third-order valence-electron chi connectivity index (χ3n) is 7.67. The van der Waals surface area contributed by atoms with Crippen molar-refractivity contribution < 1.29 is 38.4 Å². The summed E-state index contributed by atoms with van der Waals surface area (Å²) in [6.45, 7) is 9.96. The molecule has 0 unspecified atom stereocenters. The lowest BCUT2D eigenvalue weighted by Gasteiger charge is -2.29. The van der Waals surface area contributed by atoms with Gasteiger partial charge in [0, 0.05) is 31.7 Å². The number of ether oxygens (including phenoxy) is 5. The van der Waals surface area contributed by atoms with Crippen LogP contribution in [0.15, 0.2) is 42.0 Å². The van der Waals surface area contributed by atoms with Crippen LogP contribution in [0, 0.1) is 0 Å². The average Bonchev–Trinajstić information content (AvgIpc) is 3.27. The summed E-state index contributed by atoms with van der Waals surface area (Å²) < 4.78 is 28.7. The zero-order valence-corrected chi connectivity index (χ0v) is 24.4. The Hall–Kier alpha value is -3.76. The Morgan fingerprint density at radius 2 is 1.69 bits per heavy atom. The first kappa shape index (κ1) is 29.7. The molecule has 3 aliphatic rings. The summed E-state index contributed by atoms with van der Waals surface area (Å²) in [4.78, 5) is 30.9. The molecule has 5 rings (SSSR count). The van der Waals surface area contributed by atoms with Crippen LogP contribution in [-0.2, 0) is 14.3 Å². The van der Waals surface area contributed by atoms with E-state index in [1.165, 1.54) is 0 Å². The Morgan fingerprint density at radius 1 is 0.905 bits per heavy atom. The number of carbonyl (C=O) groups is 2. The quantitative estimate of drug-likeness (QED) is 0.171. The second-order valence-electron chi connectivity index (χ2n) is 10.5. The Labute approximate surface area is 246 Å². The molecule has 1 atom stereocenters. The van der Waals surface area contributed by atoms with E-state index in [-0.39, 0.29) is 11.3 Å². The van der Waals surface area contributed by atoms with Crippen LogP contribution in [-0.4, -0.2) is 92.4 Å². The molecule has 1 amide bonds.